The number of amides is 1. The van der Waals surface area contributed by atoms with Crippen molar-refractivity contribution in [1.29, 1.82) is 0 Å². The molecule has 0 aliphatic rings. The normalized spacial score (nSPS) is 10.1. The number of hydrogen-bond donors (Lipinski definition) is 2. The van der Waals surface area contributed by atoms with E-state index in [9.17, 15) is 4.79 Å². The summed E-state index contributed by atoms with van der Waals surface area (Å²) in [6.07, 6.45) is 1.64. The first-order valence-corrected chi connectivity index (χ1v) is 6.37. The van der Waals surface area contributed by atoms with Gasteiger partial charge in [0, 0.05) is 18.4 Å². The molecule has 0 spiro atoms. The molecule has 0 unspecified atom stereocenters. The molecule has 2 aromatic rings. The Balaban J connectivity index is 1.89. The fraction of sp³-hybridized carbons (Fsp3) is 0.143. The molecular weight excluding hydrogens is 278 g/mol. The molecule has 1 aromatic heterocycles. The number of pyridine rings is 1. The maximum atomic E-state index is 10.6. The second-order valence-electron chi connectivity index (χ2n) is 4.12. The van der Waals surface area contributed by atoms with Gasteiger partial charge in [-0.25, -0.2) is 4.98 Å². The van der Waals surface area contributed by atoms with Gasteiger partial charge in [0.1, 0.15) is 10.9 Å². The van der Waals surface area contributed by atoms with E-state index in [1.54, 1.807) is 24.4 Å². The summed E-state index contributed by atoms with van der Waals surface area (Å²) in [4.78, 5) is 14.5. The van der Waals surface area contributed by atoms with E-state index in [0.29, 0.717) is 17.4 Å². The molecule has 5 nitrogen and oxygen atoms in total. The number of hydrogen-bond acceptors (Lipinski definition) is 4. The molecule has 2 rings (SSSR count). The van der Waals surface area contributed by atoms with Crippen molar-refractivity contribution in [2.75, 3.05) is 11.9 Å². The number of carbonyl (C=O) groups is 1. The van der Waals surface area contributed by atoms with Crippen LogP contribution in [-0.2, 0) is 11.3 Å². The summed E-state index contributed by atoms with van der Waals surface area (Å²) in [6, 6.07) is 11.0. The molecule has 20 heavy (non-hydrogen) atoms. The van der Waals surface area contributed by atoms with Crippen LogP contribution in [0, 0.1) is 0 Å². The van der Waals surface area contributed by atoms with Gasteiger partial charge in [0.15, 0.2) is 6.61 Å². The van der Waals surface area contributed by atoms with Crippen LogP contribution in [0.1, 0.15) is 5.56 Å². The molecule has 0 aliphatic heterocycles. The molecule has 0 bridgehead atoms. The summed E-state index contributed by atoms with van der Waals surface area (Å²) in [5.41, 5.74) is 6.98. The van der Waals surface area contributed by atoms with E-state index < -0.39 is 5.91 Å². The van der Waals surface area contributed by atoms with Gasteiger partial charge in [0.2, 0.25) is 0 Å². The molecule has 1 amide bonds. The standard InChI is InChI=1S/C14H14ClN3O2/c15-13-7-11(5-6-17-13)18-8-10-1-3-12(4-2-10)20-9-14(16)19/h1-7H,8-9H2,(H2,16,19)(H,17,18). The topological polar surface area (TPSA) is 77.2 Å². The number of primary amides is 1. The third kappa shape index (κ3) is 4.44. The molecule has 0 radical (unpaired) electrons. The number of carbonyl (C=O) groups excluding carboxylic acids is 1. The van der Waals surface area contributed by atoms with E-state index in [1.807, 2.05) is 18.2 Å². The zero-order valence-electron chi connectivity index (χ0n) is 10.7. The minimum Gasteiger partial charge on any atom is -0.484 e. The molecule has 1 aromatic carbocycles. The molecule has 0 saturated carbocycles. The van der Waals surface area contributed by atoms with Crippen LogP contribution in [0.25, 0.3) is 0 Å². The summed E-state index contributed by atoms with van der Waals surface area (Å²) in [6.45, 7) is 0.531. The Morgan fingerprint density at radius 1 is 1.30 bits per heavy atom. The van der Waals surface area contributed by atoms with Crippen LogP contribution in [-0.4, -0.2) is 17.5 Å². The molecule has 6 heteroatoms. The molecular formula is C14H14ClN3O2. The molecule has 0 saturated heterocycles. The lowest BCUT2D eigenvalue weighted by Crippen LogP contribution is -2.19. The van der Waals surface area contributed by atoms with Crippen molar-refractivity contribution >= 4 is 23.2 Å². The summed E-state index contributed by atoms with van der Waals surface area (Å²) in [5, 5.41) is 3.68. The second kappa shape index (κ2) is 6.77. The average Bonchev–Trinajstić information content (AvgIpc) is 2.44. The second-order valence-corrected chi connectivity index (χ2v) is 4.51. The van der Waals surface area contributed by atoms with Crippen molar-refractivity contribution in [2.24, 2.45) is 5.73 Å². The van der Waals surface area contributed by atoms with Gasteiger partial charge in [-0.15, -0.1) is 0 Å². The predicted octanol–water partition coefficient (Wildman–Crippen LogP) is 2.21. The number of nitrogens with zero attached hydrogens (tertiary/aromatic N) is 1. The van der Waals surface area contributed by atoms with Gasteiger partial charge in [0.25, 0.3) is 5.91 Å². The largest absolute Gasteiger partial charge is 0.484 e. The maximum Gasteiger partial charge on any atom is 0.255 e. The number of ether oxygens (including phenoxy) is 1. The first-order chi connectivity index (χ1) is 9.63. The van der Waals surface area contributed by atoms with E-state index >= 15 is 0 Å². The van der Waals surface area contributed by atoms with E-state index in [2.05, 4.69) is 10.3 Å². The number of halogens is 1. The number of nitrogens with one attached hydrogen (secondary N) is 1. The zero-order chi connectivity index (χ0) is 14.4. The Kier molecular flexibility index (Phi) is 4.79. The van der Waals surface area contributed by atoms with Crippen LogP contribution in [0.4, 0.5) is 5.69 Å². The lowest BCUT2D eigenvalue weighted by atomic mass is 10.2. The van der Waals surface area contributed by atoms with Crippen molar-refractivity contribution in [3.05, 3.63) is 53.3 Å². The number of nitrogens with two attached hydrogens (primary N) is 1. The van der Waals surface area contributed by atoms with Gasteiger partial charge in [-0.05, 0) is 29.8 Å². The third-order valence-electron chi connectivity index (χ3n) is 2.53. The van der Waals surface area contributed by atoms with Gasteiger partial charge in [0.05, 0.1) is 0 Å². The van der Waals surface area contributed by atoms with Crippen LogP contribution in [0.2, 0.25) is 5.15 Å². The van der Waals surface area contributed by atoms with Crippen molar-refractivity contribution in [1.82, 2.24) is 4.98 Å². The van der Waals surface area contributed by atoms with Gasteiger partial charge in [-0.1, -0.05) is 23.7 Å². The number of rotatable bonds is 6. The summed E-state index contributed by atoms with van der Waals surface area (Å²) >= 11 is 5.80. The van der Waals surface area contributed by atoms with Gasteiger partial charge < -0.3 is 15.8 Å². The van der Waals surface area contributed by atoms with Gasteiger partial charge in [-0.2, -0.15) is 0 Å². The lowest BCUT2D eigenvalue weighted by Gasteiger charge is -2.08. The predicted molar refractivity (Wildman–Crippen MR) is 77.7 cm³/mol. The Hall–Kier alpha value is -2.27. The van der Waals surface area contributed by atoms with Crippen LogP contribution in [0.5, 0.6) is 5.75 Å². The minimum absolute atomic E-state index is 0.118. The number of aromatic nitrogens is 1. The Labute approximate surface area is 121 Å². The SMILES string of the molecule is NC(=O)COc1ccc(CNc2ccnc(Cl)c2)cc1. The van der Waals surface area contributed by atoms with Crippen LogP contribution >= 0.6 is 11.6 Å². The molecule has 3 N–H and O–H groups in total. The Morgan fingerprint density at radius 3 is 2.70 bits per heavy atom. The van der Waals surface area contributed by atoms with Gasteiger partial charge in [-0.3, -0.25) is 4.79 Å². The highest BCUT2D eigenvalue weighted by Gasteiger charge is 1.99. The van der Waals surface area contributed by atoms with Crippen LogP contribution in [0.3, 0.4) is 0 Å². The third-order valence-corrected chi connectivity index (χ3v) is 2.73. The first kappa shape index (κ1) is 14.1. The van der Waals surface area contributed by atoms with Crippen molar-refractivity contribution in [3.63, 3.8) is 0 Å². The summed E-state index contributed by atoms with van der Waals surface area (Å²) in [7, 11) is 0. The number of anilines is 1. The molecule has 1 heterocycles. The highest BCUT2D eigenvalue weighted by molar-refractivity contribution is 6.29. The highest BCUT2D eigenvalue weighted by atomic mass is 35.5. The fourth-order valence-corrected chi connectivity index (χ4v) is 1.75. The van der Waals surface area contributed by atoms with E-state index in [-0.39, 0.29) is 6.61 Å². The number of benzene rings is 1. The molecule has 0 aliphatic carbocycles. The Morgan fingerprint density at radius 2 is 2.05 bits per heavy atom. The van der Waals surface area contributed by atoms with Crippen LogP contribution in [0.15, 0.2) is 42.6 Å². The Bertz CT molecular complexity index is 587. The van der Waals surface area contributed by atoms with E-state index in [1.165, 1.54) is 0 Å². The zero-order valence-corrected chi connectivity index (χ0v) is 11.4. The van der Waals surface area contributed by atoms with E-state index in [0.717, 1.165) is 11.3 Å². The van der Waals surface area contributed by atoms with Crippen molar-refractivity contribution in [3.8, 4) is 5.75 Å². The monoisotopic (exact) mass is 291 g/mol. The van der Waals surface area contributed by atoms with Crippen molar-refractivity contribution in [2.45, 2.75) is 6.54 Å². The summed E-state index contributed by atoms with van der Waals surface area (Å²) < 4.78 is 5.18. The lowest BCUT2D eigenvalue weighted by molar-refractivity contribution is -0.119. The minimum atomic E-state index is -0.495. The van der Waals surface area contributed by atoms with Crippen molar-refractivity contribution < 1.29 is 9.53 Å². The maximum absolute atomic E-state index is 10.6. The summed E-state index contributed by atoms with van der Waals surface area (Å²) in [5.74, 6) is 0.116. The fourth-order valence-electron chi connectivity index (χ4n) is 1.57. The molecule has 104 valence electrons. The quantitative estimate of drug-likeness (QED) is 0.800. The highest BCUT2D eigenvalue weighted by Crippen LogP contribution is 2.15. The first-order valence-electron chi connectivity index (χ1n) is 5.99. The molecule has 0 atom stereocenters. The van der Waals surface area contributed by atoms with E-state index in [4.69, 9.17) is 22.1 Å². The van der Waals surface area contributed by atoms with Crippen LogP contribution < -0.4 is 15.8 Å². The molecule has 0 fully saturated rings. The smallest absolute Gasteiger partial charge is 0.255 e. The average molecular weight is 292 g/mol. The van der Waals surface area contributed by atoms with Gasteiger partial charge >= 0.3 is 0 Å².